The summed E-state index contributed by atoms with van der Waals surface area (Å²) in [5, 5.41) is 0. The van der Waals surface area contributed by atoms with Gasteiger partial charge in [-0.05, 0) is 81.7 Å². The highest BCUT2D eigenvalue weighted by molar-refractivity contribution is 5.78. The van der Waals surface area contributed by atoms with Crippen LogP contribution in [0, 0.1) is 5.92 Å². The van der Waals surface area contributed by atoms with Crippen molar-refractivity contribution in [1.29, 1.82) is 0 Å². The van der Waals surface area contributed by atoms with Gasteiger partial charge in [0.05, 0.1) is 12.6 Å². The third kappa shape index (κ3) is 5.88. The van der Waals surface area contributed by atoms with E-state index >= 15 is 0 Å². The Morgan fingerprint density at radius 3 is 2.29 bits per heavy atom. The Hall–Kier alpha value is -1.43. The van der Waals surface area contributed by atoms with E-state index in [-0.39, 0.29) is 12.0 Å². The number of likely N-dealkylation sites (tertiary alicyclic amines) is 1. The highest BCUT2D eigenvalue weighted by Crippen LogP contribution is 2.29. The fraction of sp³-hybridized carbons (Fsp3) is 0.731. The van der Waals surface area contributed by atoms with Crippen molar-refractivity contribution in [2.45, 2.75) is 64.5 Å². The Morgan fingerprint density at radius 1 is 1.03 bits per heavy atom. The number of likely N-dealkylation sites (N-methyl/N-ethyl adjacent to an activating group) is 1. The fourth-order valence-electron chi connectivity index (χ4n) is 5.66. The molecule has 1 aliphatic carbocycles. The fourth-order valence-corrected chi connectivity index (χ4v) is 5.66. The van der Waals surface area contributed by atoms with E-state index in [9.17, 15) is 4.79 Å². The van der Waals surface area contributed by atoms with Crippen molar-refractivity contribution in [2.24, 2.45) is 5.92 Å². The number of benzene rings is 1. The number of ether oxygens (including phenoxy) is 1. The minimum Gasteiger partial charge on any atom is -0.376 e. The van der Waals surface area contributed by atoms with Crippen molar-refractivity contribution < 1.29 is 9.53 Å². The second-order valence-corrected chi connectivity index (χ2v) is 9.71. The average molecular weight is 428 g/mol. The number of fused-ring (bicyclic) bond motifs is 1. The van der Waals surface area contributed by atoms with E-state index < -0.39 is 0 Å². The van der Waals surface area contributed by atoms with E-state index in [2.05, 4.69) is 52.8 Å². The molecule has 0 spiro atoms. The van der Waals surface area contributed by atoms with Crippen molar-refractivity contribution in [2.75, 3.05) is 52.4 Å². The summed E-state index contributed by atoms with van der Waals surface area (Å²) < 4.78 is 5.88. The molecule has 0 N–H and O–H groups in total. The van der Waals surface area contributed by atoms with Crippen LogP contribution < -0.4 is 0 Å². The summed E-state index contributed by atoms with van der Waals surface area (Å²) in [5.41, 5.74) is 3.08. The van der Waals surface area contributed by atoms with Crippen LogP contribution in [0.25, 0.3) is 0 Å². The van der Waals surface area contributed by atoms with Crippen LogP contribution in [0.2, 0.25) is 0 Å². The normalized spacial score (nSPS) is 22.9. The summed E-state index contributed by atoms with van der Waals surface area (Å²) in [6.07, 6.45) is 7.27. The Kier molecular flexibility index (Phi) is 8.02. The van der Waals surface area contributed by atoms with Crippen LogP contribution in [0.1, 0.15) is 50.7 Å². The molecule has 1 aromatic carbocycles. The number of hydrogen-bond acceptors (Lipinski definition) is 4. The number of piperidine rings is 1. The summed E-state index contributed by atoms with van der Waals surface area (Å²) in [7, 11) is 0. The Balaban J connectivity index is 1.29. The maximum Gasteiger partial charge on any atom is 0.236 e. The van der Waals surface area contributed by atoms with Crippen molar-refractivity contribution in [3.8, 4) is 0 Å². The molecule has 2 saturated heterocycles. The number of carbonyl (C=O) groups is 1. The van der Waals surface area contributed by atoms with Crippen LogP contribution in [-0.4, -0.2) is 85.2 Å². The minimum absolute atomic E-state index is 0.234. The molecule has 0 radical (unpaired) electrons. The molecule has 5 heteroatoms. The Morgan fingerprint density at radius 2 is 1.71 bits per heavy atom. The SMILES string of the molecule is CCN(CC)CC(=O)N(CC1CCN(C2Cc3ccccc3C2)CC1)C[C@@H]1CCCO1. The van der Waals surface area contributed by atoms with Gasteiger partial charge in [-0.25, -0.2) is 0 Å². The lowest BCUT2D eigenvalue weighted by Gasteiger charge is -2.38. The molecule has 0 unspecified atom stereocenters. The van der Waals surface area contributed by atoms with Crippen LogP contribution in [-0.2, 0) is 22.4 Å². The molecule has 31 heavy (non-hydrogen) atoms. The Labute approximate surface area is 188 Å². The average Bonchev–Trinajstić information content (AvgIpc) is 3.47. The van der Waals surface area contributed by atoms with Gasteiger partial charge in [0, 0.05) is 25.7 Å². The number of carbonyl (C=O) groups excluding carboxylic acids is 1. The molecule has 2 aliphatic heterocycles. The predicted octanol–water partition coefficient (Wildman–Crippen LogP) is 3.22. The molecule has 0 saturated carbocycles. The number of nitrogens with zero attached hydrogens (tertiary/aromatic N) is 3. The largest absolute Gasteiger partial charge is 0.376 e. The van der Waals surface area contributed by atoms with Crippen LogP contribution in [0.3, 0.4) is 0 Å². The van der Waals surface area contributed by atoms with Crippen LogP contribution in [0.5, 0.6) is 0 Å². The molecule has 4 rings (SSSR count). The van der Waals surface area contributed by atoms with Gasteiger partial charge in [0.15, 0.2) is 0 Å². The first-order chi connectivity index (χ1) is 15.2. The van der Waals surface area contributed by atoms with Gasteiger partial charge in [-0.15, -0.1) is 0 Å². The van der Waals surface area contributed by atoms with Crippen LogP contribution >= 0.6 is 0 Å². The first kappa shape index (κ1) is 22.8. The summed E-state index contributed by atoms with van der Waals surface area (Å²) in [5.74, 6) is 0.898. The van der Waals surface area contributed by atoms with Crippen molar-refractivity contribution >= 4 is 5.91 Å². The monoisotopic (exact) mass is 427 g/mol. The topological polar surface area (TPSA) is 36.0 Å². The zero-order valence-corrected chi connectivity index (χ0v) is 19.6. The zero-order chi connectivity index (χ0) is 21.6. The first-order valence-electron chi connectivity index (χ1n) is 12.6. The molecule has 0 bridgehead atoms. The molecule has 1 atom stereocenters. The van der Waals surface area contributed by atoms with Gasteiger partial charge in [-0.2, -0.15) is 0 Å². The van der Waals surface area contributed by atoms with Crippen molar-refractivity contribution in [3.05, 3.63) is 35.4 Å². The van der Waals surface area contributed by atoms with E-state index in [1.54, 1.807) is 11.1 Å². The molecular formula is C26H41N3O2. The maximum absolute atomic E-state index is 13.2. The highest BCUT2D eigenvalue weighted by atomic mass is 16.5. The first-order valence-corrected chi connectivity index (χ1v) is 12.6. The van der Waals surface area contributed by atoms with E-state index in [0.29, 0.717) is 18.5 Å². The van der Waals surface area contributed by atoms with E-state index in [4.69, 9.17) is 4.74 Å². The second-order valence-electron chi connectivity index (χ2n) is 9.71. The quantitative estimate of drug-likeness (QED) is 0.606. The highest BCUT2D eigenvalue weighted by Gasteiger charge is 2.32. The molecular weight excluding hydrogens is 386 g/mol. The maximum atomic E-state index is 13.2. The molecule has 1 aromatic rings. The van der Waals surface area contributed by atoms with Crippen LogP contribution in [0.4, 0.5) is 0 Å². The molecule has 5 nitrogen and oxygen atoms in total. The lowest BCUT2D eigenvalue weighted by Crippen LogP contribution is -2.48. The van der Waals surface area contributed by atoms with Gasteiger partial charge in [-0.3, -0.25) is 14.6 Å². The molecule has 0 aromatic heterocycles. The second kappa shape index (κ2) is 10.9. The third-order valence-electron chi connectivity index (χ3n) is 7.73. The van der Waals surface area contributed by atoms with Gasteiger partial charge < -0.3 is 9.64 Å². The van der Waals surface area contributed by atoms with Crippen molar-refractivity contribution in [3.63, 3.8) is 0 Å². The molecule has 1 amide bonds. The molecule has 2 fully saturated rings. The summed E-state index contributed by atoms with van der Waals surface area (Å²) in [6, 6.07) is 9.61. The zero-order valence-electron chi connectivity index (χ0n) is 19.6. The van der Waals surface area contributed by atoms with Crippen LogP contribution in [0.15, 0.2) is 24.3 Å². The molecule has 2 heterocycles. The number of rotatable bonds is 9. The van der Waals surface area contributed by atoms with Gasteiger partial charge in [0.2, 0.25) is 5.91 Å². The Bertz CT molecular complexity index is 681. The van der Waals surface area contributed by atoms with Gasteiger partial charge in [0.1, 0.15) is 0 Å². The minimum atomic E-state index is 0.234. The smallest absolute Gasteiger partial charge is 0.236 e. The van der Waals surface area contributed by atoms with Gasteiger partial charge >= 0.3 is 0 Å². The standard InChI is InChI=1S/C26H41N3O2/c1-3-27(4-2)20-26(30)29(19-25-10-7-15-31-25)18-21-11-13-28(14-12-21)24-16-22-8-5-6-9-23(22)17-24/h5-6,8-9,21,24-25H,3-4,7,10-20H2,1-2H3/t25-/m0/s1. The predicted molar refractivity (Wildman–Crippen MR) is 125 cm³/mol. The van der Waals surface area contributed by atoms with Crippen molar-refractivity contribution in [1.82, 2.24) is 14.7 Å². The summed E-state index contributed by atoms with van der Waals surface area (Å²) in [6.45, 7) is 11.5. The van der Waals surface area contributed by atoms with E-state index in [0.717, 1.165) is 45.6 Å². The number of amides is 1. The van der Waals surface area contributed by atoms with Gasteiger partial charge in [-0.1, -0.05) is 38.1 Å². The summed E-state index contributed by atoms with van der Waals surface area (Å²) >= 11 is 0. The number of hydrogen-bond donors (Lipinski definition) is 0. The lowest BCUT2D eigenvalue weighted by molar-refractivity contribution is -0.135. The van der Waals surface area contributed by atoms with Gasteiger partial charge in [0.25, 0.3) is 0 Å². The lowest BCUT2D eigenvalue weighted by atomic mass is 9.94. The van der Waals surface area contributed by atoms with E-state index in [1.807, 2.05) is 0 Å². The molecule has 172 valence electrons. The molecule has 3 aliphatic rings. The third-order valence-corrected chi connectivity index (χ3v) is 7.73. The summed E-state index contributed by atoms with van der Waals surface area (Å²) in [4.78, 5) is 20.2. The van der Waals surface area contributed by atoms with E-state index in [1.165, 1.54) is 38.8 Å².